The molecule has 0 aromatic heterocycles. The molecule has 2 saturated heterocycles. The summed E-state index contributed by atoms with van der Waals surface area (Å²) in [5.74, 6) is -0.302. The normalized spacial score (nSPS) is 40.5. The lowest BCUT2D eigenvalue weighted by atomic mass is 9.84. The van der Waals surface area contributed by atoms with Gasteiger partial charge in [0.2, 0.25) is 0 Å². The van der Waals surface area contributed by atoms with Crippen LogP contribution in [-0.2, 0) is 19.0 Å². The number of ether oxygens (including phenoxy) is 3. The van der Waals surface area contributed by atoms with Crippen molar-refractivity contribution < 1.29 is 19.0 Å². The number of methoxy groups -OCH3 is 1. The highest BCUT2D eigenvalue weighted by atomic mass is 16.7. The third kappa shape index (κ3) is 1.39. The molecular weight excluding hydrogens is 196 g/mol. The minimum Gasteiger partial charge on any atom is -0.467 e. The third-order valence-corrected chi connectivity index (χ3v) is 3.35. The SMILES string of the molecule is COC(=O)C1OC12CC(C)(C)OC2(C)C. The highest BCUT2D eigenvalue weighted by Gasteiger charge is 2.75. The van der Waals surface area contributed by atoms with Gasteiger partial charge in [0.15, 0.2) is 6.10 Å². The number of carbonyl (C=O) groups is 1. The van der Waals surface area contributed by atoms with Crippen molar-refractivity contribution >= 4 is 5.97 Å². The number of rotatable bonds is 1. The summed E-state index contributed by atoms with van der Waals surface area (Å²) < 4.78 is 16.2. The zero-order valence-corrected chi connectivity index (χ0v) is 9.92. The Labute approximate surface area is 89.9 Å². The Morgan fingerprint density at radius 2 is 1.93 bits per heavy atom. The van der Waals surface area contributed by atoms with Crippen molar-refractivity contribution in [1.29, 1.82) is 0 Å². The Balaban J connectivity index is 2.22. The van der Waals surface area contributed by atoms with E-state index < -0.39 is 17.3 Å². The first-order valence-corrected chi connectivity index (χ1v) is 5.20. The van der Waals surface area contributed by atoms with Crippen molar-refractivity contribution in [1.82, 2.24) is 0 Å². The summed E-state index contributed by atoms with van der Waals surface area (Å²) in [5, 5.41) is 0. The summed E-state index contributed by atoms with van der Waals surface area (Å²) in [7, 11) is 1.38. The van der Waals surface area contributed by atoms with E-state index >= 15 is 0 Å². The first-order valence-electron chi connectivity index (χ1n) is 5.20. The lowest BCUT2D eigenvalue weighted by molar-refractivity contribution is -0.142. The standard InChI is InChI=1S/C11H18O4/c1-9(2)6-11(10(3,4)15-9)7(14-11)8(12)13-5/h7H,6H2,1-5H3. The molecule has 2 aliphatic rings. The number of hydrogen-bond donors (Lipinski definition) is 0. The van der Waals surface area contributed by atoms with Gasteiger partial charge in [-0.2, -0.15) is 0 Å². The molecule has 0 aromatic carbocycles. The molecule has 0 aromatic rings. The summed E-state index contributed by atoms with van der Waals surface area (Å²) >= 11 is 0. The molecule has 4 heteroatoms. The van der Waals surface area contributed by atoms with Crippen LogP contribution in [0, 0.1) is 0 Å². The van der Waals surface area contributed by atoms with E-state index in [1.54, 1.807) is 0 Å². The molecular formula is C11H18O4. The molecule has 0 N–H and O–H groups in total. The highest BCUT2D eigenvalue weighted by molar-refractivity contribution is 5.80. The van der Waals surface area contributed by atoms with E-state index in [0.717, 1.165) is 6.42 Å². The summed E-state index contributed by atoms with van der Waals surface area (Å²) in [4.78, 5) is 11.4. The van der Waals surface area contributed by atoms with Crippen LogP contribution in [0.5, 0.6) is 0 Å². The Kier molecular flexibility index (Phi) is 1.99. The molecule has 0 amide bonds. The van der Waals surface area contributed by atoms with Gasteiger partial charge in [0.05, 0.1) is 18.3 Å². The Morgan fingerprint density at radius 1 is 1.33 bits per heavy atom. The van der Waals surface area contributed by atoms with E-state index in [1.165, 1.54) is 7.11 Å². The van der Waals surface area contributed by atoms with Crippen LogP contribution in [0.25, 0.3) is 0 Å². The first kappa shape index (κ1) is 10.9. The molecule has 2 rings (SSSR count). The van der Waals surface area contributed by atoms with Gasteiger partial charge in [-0.15, -0.1) is 0 Å². The average Bonchev–Trinajstić information content (AvgIpc) is 2.72. The maximum Gasteiger partial charge on any atom is 0.338 e. The summed E-state index contributed by atoms with van der Waals surface area (Å²) in [6.45, 7) is 7.95. The maximum absolute atomic E-state index is 11.4. The molecule has 0 aliphatic carbocycles. The molecule has 0 saturated carbocycles. The van der Waals surface area contributed by atoms with Crippen molar-refractivity contribution in [2.75, 3.05) is 7.11 Å². The van der Waals surface area contributed by atoms with E-state index in [4.69, 9.17) is 14.2 Å². The number of esters is 1. The number of hydrogen-bond acceptors (Lipinski definition) is 4. The molecule has 2 unspecified atom stereocenters. The molecule has 2 fully saturated rings. The van der Waals surface area contributed by atoms with E-state index in [1.807, 2.05) is 27.7 Å². The zero-order chi connectivity index (χ0) is 11.5. The molecule has 1 spiro atoms. The summed E-state index contributed by atoms with van der Waals surface area (Å²) in [5.41, 5.74) is -1.16. The van der Waals surface area contributed by atoms with Gasteiger partial charge in [-0.05, 0) is 27.7 Å². The molecule has 15 heavy (non-hydrogen) atoms. The van der Waals surface area contributed by atoms with Gasteiger partial charge >= 0.3 is 5.97 Å². The van der Waals surface area contributed by atoms with Crippen LogP contribution in [-0.4, -0.2) is 36.0 Å². The van der Waals surface area contributed by atoms with Crippen molar-refractivity contribution in [2.45, 2.75) is 57.0 Å². The second kappa shape index (κ2) is 2.74. The largest absolute Gasteiger partial charge is 0.467 e. The van der Waals surface area contributed by atoms with Crippen LogP contribution in [0.3, 0.4) is 0 Å². The lowest BCUT2D eigenvalue weighted by Gasteiger charge is -2.25. The minimum absolute atomic E-state index is 0.244. The molecule has 0 bridgehead atoms. The van der Waals surface area contributed by atoms with Gasteiger partial charge in [-0.25, -0.2) is 4.79 Å². The Morgan fingerprint density at radius 3 is 2.33 bits per heavy atom. The molecule has 0 radical (unpaired) electrons. The lowest BCUT2D eigenvalue weighted by Crippen LogP contribution is -2.39. The summed E-state index contributed by atoms with van der Waals surface area (Å²) in [6.07, 6.45) is 0.270. The number of carbonyl (C=O) groups excluding carboxylic acids is 1. The smallest absolute Gasteiger partial charge is 0.338 e. The van der Waals surface area contributed by atoms with E-state index in [0.29, 0.717) is 0 Å². The number of epoxide rings is 1. The summed E-state index contributed by atoms with van der Waals surface area (Å²) in [6, 6.07) is 0. The van der Waals surface area contributed by atoms with Crippen LogP contribution in [0.4, 0.5) is 0 Å². The van der Waals surface area contributed by atoms with Crippen molar-refractivity contribution in [2.24, 2.45) is 0 Å². The Hall–Kier alpha value is -0.610. The molecule has 2 aliphatic heterocycles. The fourth-order valence-corrected chi connectivity index (χ4v) is 2.77. The monoisotopic (exact) mass is 214 g/mol. The van der Waals surface area contributed by atoms with Gasteiger partial charge in [0.25, 0.3) is 0 Å². The van der Waals surface area contributed by atoms with E-state index in [2.05, 4.69) is 0 Å². The third-order valence-electron chi connectivity index (χ3n) is 3.35. The van der Waals surface area contributed by atoms with Gasteiger partial charge in [0, 0.05) is 6.42 Å². The Bertz CT molecular complexity index is 308. The fourth-order valence-electron chi connectivity index (χ4n) is 2.77. The van der Waals surface area contributed by atoms with Crippen LogP contribution >= 0.6 is 0 Å². The van der Waals surface area contributed by atoms with Crippen LogP contribution < -0.4 is 0 Å². The van der Waals surface area contributed by atoms with Crippen molar-refractivity contribution in [3.05, 3.63) is 0 Å². The predicted molar refractivity (Wildman–Crippen MR) is 53.5 cm³/mol. The van der Waals surface area contributed by atoms with Gasteiger partial charge in [-0.3, -0.25) is 0 Å². The van der Waals surface area contributed by atoms with Crippen LogP contribution in [0.1, 0.15) is 34.1 Å². The van der Waals surface area contributed by atoms with Gasteiger partial charge in [0.1, 0.15) is 5.60 Å². The van der Waals surface area contributed by atoms with E-state index in [-0.39, 0.29) is 11.6 Å². The quantitative estimate of drug-likeness (QED) is 0.487. The molecule has 2 atom stereocenters. The van der Waals surface area contributed by atoms with Gasteiger partial charge < -0.3 is 14.2 Å². The molecule has 86 valence electrons. The zero-order valence-electron chi connectivity index (χ0n) is 9.92. The topological polar surface area (TPSA) is 48.1 Å². The van der Waals surface area contributed by atoms with Crippen molar-refractivity contribution in [3.8, 4) is 0 Å². The van der Waals surface area contributed by atoms with E-state index in [9.17, 15) is 4.79 Å². The predicted octanol–water partition coefficient (Wildman–Crippen LogP) is 1.27. The first-order chi connectivity index (χ1) is 6.74. The second-order valence-corrected chi connectivity index (χ2v) is 5.46. The minimum atomic E-state index is -0.483. The molecule has 4 nitrogen and oxygen atoms in total. The van der Waals surface area contributed by atoms with Gasteiger partial charge in [-0.1, -0.05) is 0 Å². The van der Waals surface area contributed by atoms with Crippen LogP contribution in [0.2, 0.25) is 0 Å². The van der Waals surface area contributed by atoms with Crippen LogP contribution in [0.15, 0.2) is 0 Å². The molecule has 2 heterocycles. The fraction of sp³-hybridized carbons (Fsp3) is 0.909. The highest BCUT2D eigenvalue weighted by Crippen LogP contribution is 2.58. The van der Waals surface area contributed by atoms with Crippen molar-refractivity contribution in [3.63, 3.8) is 0 Å². The average molecular weight is 214 g/mol. The maximum atomic E-state index is 11.4. The second-order valence-electron chi connectivity index (χ2n) is 5.46.